The number of aromatic nitrogens is 3. The highest BCUT2D eigenvalue weighted by molar-refractivity contribution is 5.93. The van der Waals surface area contributed by atoms with Crippen molar-refractivity contribution in [2.75, 3.05) is 6.54 Å². The smallest absolute Gasteiger partial charge is 0.273 e. The molecule has 0 bridgehead atoms. The van der Waals surface area contributed by atoms with Crippen molar-refractivity contribution in [3.8, 4) is 0 Å². The highest BCUT2D eigenvalue weighted by Crippen LogP contribution is 2.40. The van der Waals surface area contributed by atoms with Gasteiger partial charge in [-0.2, -0.15) is 15.4 Å². The number of nitrogens with one attached hydrogen (secondary N) is 2. The summed E-state index contributed by atoms with van der Waals surface area (Å²) in [6.07, 6.45) is 4.24. The molecule has 0 aliphatic heterocycles. The van der Waals surface area contributed by atoms with Crippen LogP contribution in [0.5, 0.6) is 0 Å². The molecule has 2 N–H and O–H groups in total. The SMILES string of the molecule is Cc1n[nH]nc1C(=O)NCC1(c2ccc(F)cc2)CCCC1. The minimum atomic E-state index is -0.237. The summed E-state index contributed by atoms with van der Waals surface area (Å²) >= 11 is 0. The Kier molecular flexibility index (Phi) is 3.92. The molecule has 2 aromatic rings. The minimum Gasteiger partial charge on any atom is -0.350 e. The first-order valence-corrected chi connectivity index (χ1v) is 7.52. The quantitative estimate of drug-likeness (QED) is 0.911. The van der Waals surface area contributed by atoms with Crippen LogP contribution in [0.25, 0.3) is 0 Å². The maximum absolute atomic E-state index is 13.2. The largest absolute Gasteiger partial charge is 0.350 e. The van der Waals surface area contributed by atoms with E-state index in [-0.39, 0.29) is 17.1 Å². The number of rotatable bonds is 4. The number of aryl methyl sites for hydroxylation is 1. The summed E-state index contributed by atoms with van der Waals surface area (Å²) in [5, 5.41) is 13.2. The summed E-state index contributed by atoms with van der Waals surface area (Å²) in [5.41, 5.74) is 1.89. The zero-order valence-electron chi connectivity index (χ0n) is 12.5. The second kappa shape index (κ2) is 5.87. The third kappa shape index (κ3) is 2.73. The number of H-pyrrole nitrogens is 1. The van der Waals surface area contributed by atoms with Crippen LogP contribution in [0.4, 0.5) is 4.39 Å². The average Bonchev–Trinajstić information content (AvgIpc) is 3.15. The van der Waals surface area contributed by atoms with Gasteiger partial charge in [0.2, 0.25) is 0 Å². The Hall–Kier alpha value is -2.24. The van der Waals surface area contributed by atoms with Crippen LogP contribution in [0.1, 0.15) is 47.4 Å². The summed E-state index contributed by atoms with van der Waals surface area (Å²) in [6.45, 7) is 2.27. The Morgan fingerprint density at radius 3 is 2.55 bits per heavy atom. The van der Waals surface area contributed by atoms with Gasteiger partial charge >= 0.3 is 0 Å². The number of halogens is 1. The molecule has 116 valence electrons. The third-order valence-electron chi connectivity index (χ3n) is 4.54. The molecule has 0 unspecified atom stereocenters. The van der Waals surface area contributed by atoms with Crippen LogP contribution >= 0.6 is 0 Å². The number of carbonyl (C=O) groups is 1. The molecule has 0 spiro atoms. The Labute approximate surface area is 128 Å². The Morgan fingerprint density at radius 2 is 1.95 bits per heavy atom. The molecule has 1 aliphatic rings. The maximum atomic E-state index is 13.2. The van der Waals surface area contributed by atoms with Crippen molar-refractivity contribution in [2.24, 2.45) is 0 Å². The van der Waals surface area contributed by atoms with Gasteiger partial charge in [0.05, 0.1) is 5.69 Å². The zero-order valence-corrected chi connectivity index (χ0v) is 12.5. The zero-order chi connectivity index (χ0) is 15.6. The van der Waals surface area contributed by atoms with Gasteiger partial charge in [-0.05, 0) is 37.5 Å². The molecule has 1 saturated carbocycles. The van der Waals surface area contributed by atoms with E-state index in [1.165, 1.54) is 12.1 Å². The summed E-state index contributed by atoms with van der Waals surface area (Å²) in [6, 6.07) is 6.63. The molecule has 22 heavy (non-hydrogen) atoms. The van der Waals surface area contributed by atoms with Crippen LogP contribution < -0.4 is 5.32 Å². The molecule has 0 atom stereocenters. The molecule has 5 nitrogen and oxygen atoms in total. The van der Waals surface area contributed by atoms with Gasteiger partial charge in [-0.25, -0.2) is 4.39 Å². The van der Waals surface area contributed by atoms with Crippen LogP contribution in [0.3, 0.4) is 0 Å². The van der Waals surface area contributed by atoms with E-state index in [1.807, 2.05) is 12.1 Å². The summed E-state index contributed by atoms with van der Waals surface area (Å²) in [5.74, 6) is -0.459. The molecule has 0 radical (unpaired) electrons. The molecule has 0 saturated heterocycles. The number of aromatic amines is 1. The van der Waals surface area contributed by atoms with Crippen LogP contribution in [0.2, 0.25) is 0 Å². The lowest BCUT2D eigenvalue weighted by Crippen LogP contribution is -2.39. The average molecular weight is 302 g/mol. The van der Waals surface area contributed by atoms with Gasteiger partial charge in [-0.1, -0.05) is 25.0 Å². The predicted octanol–water partition coefficient (Wildman–Crippen LogP) is 2.49. The number of carbonyl (C=O) groups excluding carboxylic acids is 1. The Morgan fingerprint density at radius 1 is 1.27 bits per heavy atom. The number of hydrogen-bond donors (Lipinski definition) is 2. The summed E-state index contributed by atoms with van der Waals surface area (Å²) < 4.78 is 13.2. The van der Waals surface area contributed by atoms with Gasteiger partial charge in [0.1, 0.15) is 5.82 Å². The van der Waals surface area contributed by atoms with E-state index in [9.17, 15) is 9.18 Å². The maximum Gasteiger partial charge on any atom is 0.273 e. The van der Waals surface area contributed by atoms with E-state index in [0.29, 0.717) is 17.9 Å². The van der Waals surface area contributed by atoms with Crippen molar-refractivity contribution in [1.29, 1.82) is 0 Å². The molecule has 1 heterocycles. The fourth-order valence-electron chi connectivity index (χ4n) is 3.25. The lowest BCUT2D eigenvalue weighted by molar-refractivity contribution is 0.0937. The number of hydrogen-bond acceptors (Lipinski definition) is 3. The van der Waals surface area contributed by atoms with Crippen LogP contribution in [-0.2, 0) is 5.41 Å². The van der Waals surface area contributed by atoms with Crippen LogP contribution in [0.15, 0.2) is 24.3 Å². The summed E-state index contributed by atoms with van der Waals surface area (Å²) in [4.78, 5) is 12.2. The van der Waals surface area contributed by atoms with Crippen molar-refractivity contribution >= 4 is 5.91 Å². The standard InChI is InChI=1S/C16H19FN4O/c1-11-14(20-21-19-11)15(22)18-10-16(8-2-3-9-16)12-4-6-13(17)7-5-12/h4-7H,2-3,8-10H2,1H3,(H,18,22)(H,19,20,21). The first-order chi connectivity index (χ1) is 10.6. The normalized spacial score (nSPS) is 16.6. The number of nitrogens with zero attached hydrogens (tertiary/aromatic N) is 2. The predicted molar refractivity (Wildman–Crippen MR) is 80.0 cm³/mol. The molecule has 1 aromatic heterocycles. The monoisotopic (exact) mass is 302 g/mol. The Bertz CT molecular complexity index is 659. The van der Waals surface area contributed by atoms with Gasteiger partial charge in [-0.15, -0.1) is 0 Å². The van der Waals surface area contributed by atoms with Crippen LogP contribution in [0, 0.1) is 12.7 Å². The number of benzene rings is 1. The van der Waals surface area contributed by atoms with E-state index in [4.69, 9.17) is 0 Å². The van der Waals surface area contributed by atoms with Crippen molar-refractivity contribution in [3.63, 3.8) is 0 Å². The van der Waals surface area contributed by atoms with Gasteiger partial charge in [-0.3, -0.25) is 4.79 Å². The van der Waals surface area contributed by atoms with E-state index in [2.05, 4.69) is 20.7 Å². The number of amides is 1. The fraction of sp³-hybridized carbons (Fsp3) is 0.438. The van der Waals surface area contributed by atoms with Gasteiger partial charge in [0.25, 0.3) is 5.91 Å². The first kappa shape index (κ1) is 14.7. The molecule has 6 heteroatoms. The topological polar surface area (TPSA) is 70.7 Å². The molecule has 1 amide bonds. The Balaban J connectivity index is 1.76. The highest BCUT2D eigenvalue weighted by atomic mass is 19.1. The van der Waals surface area contributed by atoms with E-state index >= 15 is 0 Å². The minimum absolute atomic E-state index is 0.110. The van der Waals surface area contributed by atoms with Crippen LogP contribution in [-0.4, -0.2) is 27.9 Å². The summed E-state index contributed by atoms with van der Waals surface area (Å²) in [7, 11) is 0. The third-order valence-corrected chi connectivity index (χ3v) is 4.54. The van der Waals surface area contributed by atoms with Gasteiger partial charge in [0, 0.05) is 12.0 Å². The molecule has 1 aromatic carbocycles. The second-order valence-electron chi connectivity index (χ2n) is 5.93. The molecular formula is C16H19FN4O. The van der Waals surface area contributed by atoms with Crippen molar-refractivity contribution in [3.05, 3.63) is 47.0 Å². The van der Waals surface area contributed by atoms with Gasteiger partial charge in [0.15, 0.2) is 5.69 Å². The lowest BCUT2D eigenvalue weighted by Gasteiger charge is -2.30. The first-order valence-electron chi connectivity index (χ1n) is 7.52. The molecule has 1 aliphatic carbocycles. The van der Waals surface area contributed by atoms with E-state index in [1.54, 1.807) is 6.92 Å². The highest BCUT2D eigenvalue weighted by Gasteiger charge is 2.36. The van der Waals surface area contributed by atoms with Crippen molar-refractivity contribution in [2.45, 2.75) is 38.0 Å². The van der Waals surface area contributed by atoms with E-state index < -0.39 is 0 Å². The lowest BCUT2D eigenvalue weighted by atomic mass is 9.79. The fourth-order valence-corrected chi connectivity index (χ4v) is 3.25. The van der Waals surface area contributed by atoms with Crippen molar-refractivity contribution < 1.29 is 9.18 Å². The molecule has 3 rings (SSSR count). The molecule has 1 fully saturated rings. The van der Waals surface area contributed by atoms with Gasteiger partial charge < -0.3 is 5.32 Å². The molecular weight excluding hydrogens is 283 g/mol. The van der Waals surface area contributed by atoms with E-state index in [0.717, 1.165) is 31.2 Å². The second-order valence-corrected chi connectivity index (χ2v) is 5.93. The van der Waals surface area contributed by atoms with Crippen molar-refractivity contribution in [1.82, 2.24) is 20.7 Å².